The molecular weight excluding hydrogens is 280 g/mol. The molecule has 2 N–H and O–H groups in total. The van der Waals surface area contributed by atoms with Gasteiger partial charge in [0.05, 0.1) is 0 Å². The lowest BCUT2D eigenvalue weighted by Crippen LogP contribution is -2.31. The average Bonchev–Trinajstić information content (AvgIpc) is 2.23. The second kappa shape index (κ2) is 6.27. The molecule has 1 atom stereocenters. The van der Waals surface area contributed by atoms with Gasteiger partial charge in [-0.05, 0) is 24.1 Å². The summed E-state index contributed by atoms with van der Waals surface area (Å²) in [7, 11) is 0. The summed E-state index contributed by atoms with van der Waals surface area (Å²) in [5.41, 5.74) is 2.11. The molecule has 1 aromatic rings. The van der Waals surface area contributed by atoms with Gasteiger partial charge in [-0.2, -0.15) is 0 Å². The molecule has 0 aliphatic carbocycles. The molecule has 0 heterocycles. The van der Waals surface area contributed by atoms with Crippen LogP contribution in [0.5, 0.6) is 0 Å². The van der Waals surface area contributed by atoms with Crippen LogP contribution in [0.1, 0.15) is 11.1 Å². The number of aliphatic hydroxyl groups is 1. The molecule has 0 aliphatic rings. The lowest BCUT2D eigenvalue weighted by molar-refractivity contribution is -0.00340. The Balaban J connectivity index is 2.40. The van der Waals surface area contributed by atoms with Crippen molar-refractivity contribution < 1.29 is 13.9 Å². The molecule has 0 saturated carbocycles. The van der Waals surface area contributed by atoms with Crippen molar-refractivity contribution >= 4 is 15.9 Å². The Bertz CT molecular complexity index is 347. The molecule has 0 radical (unpaired) electrons. The SMILES string of the molecule is Cc1ccc(CNCC(O)C(F)F)cc1Br. The first-order chi connectivity index (χ1) is 7.50. The number of benzene rings is 1. The Morgan fingerprint density at radius 3 is 2.69 bits per heavy atom. The summed E-state index contributed by atoms with van der Waals surface area (Å²) in [6, 6.07) is 5.80. The van der Waals surface area contributed by atoms with Gasteiger partial charge in [-0.25, -0.2) is 8.78 Å². The number of rotatable bonds is 5. The normalized spacial score (nSPS) is 13.1. The maximum atomic E-state index is 12.0. The number of aliphatic hydroxyl groups excluding tert-OH is 1. The summed E-state index contributed by atoms with van der Waals surface area (Å²) in [5.74, 6) is 0. The van der Waals surface area contributed by atoms with Crippen molar-refractivity contribution in [2.45, 2.75) is 26.0 Å². The van der Waals surface area contributed by atoms with Crippen LogP contribution in [0.3, 0.4) is 0 Å². The largest absolute Gasteiger partial charge is 0.386 e. The number of hydrogen-bond acceptors (Lipinski definition) is 2. The van der Waals surface area contributed by atoms with E-state index in [-0.39, 0.29) is 6.54 Å². The quantitative estimate of drug-likeness (QED) is 0.874. The molecule has 0 saturated heterocycles. The minimum Gasteiger partial charge on any atom is -0.386 e. The molecule has 0 amide bonds. The van der Waals surface area contributed by atoms with Gasteiger partial charge < -0.3 is 10.4 Å². The average molecular weight is 294 g/mol. The highest BCUT2D eigenvalue weighted by molar-refractivity contribution is 9.10. The van der Waals surface area contributed by atoms with Crippen LogP contribution in [0, 0.1) is 6.92 Å². The maximum absolute atomic E-state index is 12.0. The molecule has 1 aromatic carbocycles. The van der Waals surface area contributed by atoms with Crippen molar-refractivity contribution in [3.63, 3.8) is 0 Å². The van der Waals surface area contributed by atoms with Crippen LogP contribution < -0.4 is 5.32 Å². The minimum atomic E-state index is -2.70. The van der Waals surface area contributed by atoms with Gasteiger partial charge in [0.25, 0.3) is 6.43 Å². The standard InChI is InChI=1S/C11H14BrF2NO/c1-7-2-3-8(4-9(7)12)5-15-6-10(16)11(13)14/h2-4,10-11,15-16H,5-6H2,1H3. The Morgan fingerprint density at radius 1 is 1.44 bits per heavy atom. The second-order valence-electron chi connectivity index (χ2n) is 3.62. The van der Waals surface area contributed by atoms with Crippen molar-refractivity contribution in [1.29, 1.82) is 0 Å². The van der Waals surface area contributed by atoms with Crippen LogP contribution in [0.25, 0.3) is 0 Å². The van der Waals surface area contributed by atoms with Crippen LogP contribution in [0.2, 0.25) is 0 Å². The molecule has 1 rings (SSSR count). The summed E-state index contributed by atoms with van der Waals surface area (Å²) in [6.07, 6.45) is -4.30. The molecule has 5 heteroatoms. The molecule has 0 aliphatic heterocycles. The second-order valence-corrected chi connectivity index (χ2v) is 4.47. The molecule has 90 valence electrons. The number of hydrogen-bond donors (Lipinski definition) is 2. The van der Waals surface area contributed by atoms with E-state index in [0.29, 0.717) is 6.54 Å². The third-order valence-electron chi connectivity index (χ3n) is 2.21. The van der Waals surface area contributed by atoms with Crippen LogP contribution in [-0.4, -0.2) is 24.2 Å². The van der Waals surface area contributed by atoms with E-state index in [1.165, 1.54) is 0 Å². The lowest BCUT2D eigenvalue weighted by Gasteiger charge is -2.11. The highest BCUT2D eigenvalue weighted by atomic mass is 79.9. The molecule has 0 spiro atoms. The fraction of sp³-hybridized carbons (Fsp3) is 0.455. The molecular formula is C11H14BrF2NO. The van der Waals surface area contributed by atoms with E-state index < -0.39 is 12.5 Å². The van der Waals surface area contributed by atoms with Gasteiger partial charge in [-0.1, -0.05) is 28.1 Å². The van der Waals surface area contributed by atoms with Gasteiger partial charge in [0.1, 0.15) is 6.10 Å². The Kier molecular flexibility index (Phi) is 5.31. The first-order valence-corrected chi connectivity index (χ1v) is 5.72. The lowest BCUT2D eigenvalue weighted by atomic mass is 10.1. The van der Waals surface area contributed by atoms with E-state index in [2.05, 4.69) is 21.2 Å². The van der Waals surface area contributed by atoms with Crippen molar-refractivity contribution in [2.75, 3.05) is 6.54 Å². The summed E-state index contributed by atoms with van der Waals surface area (Å²) in [6.45, 7) is 2.33. The first kappa shape index (κ1) is 13.5. The van der Waals surface area contributed by atoms with Crippen molar-refractivity contribution in [1.82, 2.24) is 5.32 Å². The molecule has 1 unspecified atom stereocenters. The zero-order valence-electron chi connectivity index (χ0n) is 8.88. The molecule has 0 fully saturated rings. The highest BCUT2D eigenvalue weighted by Crippen LogP contribution is 2.17. The third-order valence-corrected chi connectivity index (χ3v) is 3.06. The van der Waals surface area contributed by atoms with Crippen LogP contribution in [-0.2, 0) is 6.54 Å². The summed E-state index contributed by atoms with van der Waals surface area (Å²) in [5, 5.41) is 11.7. The Hall–Kier alpha value is -0.520. The van der Waals surface area contributed by atoms with E-state index in [0.717, 1.165) is 15.6 Å². The molecule has 0 bridgehead atoms. The van der Waals surface area contributed by atoms with E-state index in [4.69, 9.17) is 5.11 Å². The number of halogens is 3. The van der Waals surface area contributed by atoms with Crippen molar-refractivity contribution in [3.05, 3.63) is 33.8 Å². The van der Waals surface area contributed by atoms with E-state index in [1.807, 2.05) is 25.1 Å². The van der Waals surface area contributed by atoms with E-state index >= 15 is 0 Å². The van der Waals surface area contributed by atoms with Crippen molar-refractivity contribution in [2.24, 2.45) is 0 Å². The number of alkyl halides is 2. The van der Waals surface area contributed by atoms with Gasteiger partial charge in [0.2, 0.25) is 0 Å². The summed E-state index contributed by atoms with van der Waals surface area (Å²) in [4.78, 5) is 0. The van der Waals surface area contributed by atoms with Crippen LogP contribution >= 0.6 is 15.9 Å². The predicted molar refractivity (Wildman–Crippen MR) is 62.6 cm³/mol. The zero-order valence-corrected chi connectivity index (χ0v) is 10.5. The van der Waals surface area contributed by atoms with Gasteiger partial charge >= 0.3 is 0 Å². The monoisotopic (exact) mass is 293 g/mol. The van der Waals surface area contributed by atoms with Crippen molar-refractivity contribution in [3.8, 4) is 0 Å². The topological polar surface area (TPSA) is 32.3 Å². The maximum Gasteiger partial charge on any atom is 0.265 e. The van der Waals surface area contributed by atoms with E-state index in [9.17, 15) is 8.78 Å². The highest BCUT2D eigenvalue weighted by Gasteiger charge is 2.15. The fourth-order valence-electron chi connectivity index (χ4n) is 1.20. The third kappa shape index (κ3) is 4.15. The number of aryl methyl sites for hydroxylation is 1. The fourth-order valence-corrected chi connectivity index (χ4v) is 1.63. The smallest absolute Gasteiger partial charge is 0.265 e. The summed E-state index contributed by atoms with van der Waals surface area (Å²) >= 11 is 3.39. The predicted octanol–water partition coefficient (Wildman–Crippen LogP) is 2.47. The summed E-state index contributed by atoms with van der Waals surface area (Å²) < 4.78 is 24.9. The van der Waals surface area contributed by atoms with Gasteiger partial charge in [0.15, 0.2) is 0 Å². The Morgan fingerprint density at radius 2 is 2.12 bits per heavy atom. The minimum absolute atomic E-state index is 0.108. The van der Waals surface area contributed by atoms with Gasteiger partial charge in [-0.15, -0.1) is 0 Å². The van der Waals surface area contributed by atoms with Gasteiger partial charge in [-0.3, -0.25) is 0 Å². The molecule has 16 heavy (non-hydrogen) atoms. The zero-order chi connectivity index (χ0) is 12.1. The Labute approximate surface area is 102 Å². The van der Waals surface area contributed by atoms with Crippen LogP contribution in [0.15, 0.2) is 22.7 Å². The number of nitrogens with one attached hydrogen (secondary N) is 1. The van der Waals surface area contributed by atoms with Gasteiger partial charge in [0, 0.05) is 17.6 Å². The molecule has 0 aromatic heterocycles. The first-order valence-electron chi connectivity index (χ1n) is 4.92. The van der Waals surface area contributed by atoms with Crippen LogP contribution in [0.4, 0.5) is 8.78 Å². The molecule has 2 nitrogen and oxygen atoms in total. The van der Waals surface area contributed by atoms with E-state index in [1.54, 1.807) is 0 Å².